The first-order valence-electron chi connectivity index (χ1n) is 3.15. The fourth-order valence-electron chi connectivity index (χ4n) is 0.818. The highest BCUT2D eigenvalue weighted by Crippen LogP contribution is 2.32. The second-order valence-electron chi connectivity index (χ2n) is 2.21. The molecular formula is C8H8BrIO. The van der Waals surface area contributed by atoms with Crippen LogP contribution in [0.3, 0.4) is 0 Å². The maximum atomic E-state index is 5.20. The second-order valence-corrected chi connectivity index (χ2v) is 4.17. The predicted molar refractivity (Wildman–Crippen MR) is 58.1 cm³/mol. The third kappa shape index (κ3) is 1.87. The normalized spacial score (nSPS) is 9.82. The Labute approximate surface area is 88.4 Å². The Morgan fingerprint density at radius 2 is 2.09 bits per heavy atom. The molecule has 11 heavy (non-hydrogen) atoms. The van der Waals surface area contributed by atoms with Gasteiger partial charge in [-0.25, -0.2) is 0 Å². The molecular weight excluding hydrogens is 319 g/mol. The highest BCUT2D eigenvalue weighted by molar-refractivity contribution is 14.1. The summed E-state index contributed by atoms with van der Waals surface area (Å²) in [6.45, 7) is 2.04. The molecule has 0 radical (unpaired) electrons. The van der Waals surface area contributed by atoms with E-state index in [1.807, 2.05) is 13.0 Å². The van der Waals surface area contributed by atoms with Gasteiger partial charge in [0.1, 0.15) is 5.75 Å². The summed E-state index contributed by atoms with van der Waals surface area (Å²) in [4.78, 5) is 0. The minimum absolute atomic E-state index is 0.922. The van der Waals surface area contributed by atoms with E-state index in [0.717, 1.165) is 13.8 Å². The van der Waals surface area contributed by atoms with Crippen LogP contribution in [0.25, 0.3) is 0 Å². The van der Waals surface area contributed by atoms with Crippen molar-refractivity contribution in [1.29, 1.82) is 0 Å². The minimum Gasteiger partial charge on any atom is -0.494 e. The highest BCUT2D eigenvalue weighted by atomic mass is 127. The van der Waals surface area contributed by atoms with Crippen molar-refractivity contribution < 1.29 is 4.74 Å². The molecule has 0 bridgehead atoms. The Morgan fingerprint density at radius 3 is 2.55 bits per heavy atom. The van der Waals surface area contributed by atoms with Crippen LogP contribution in [0.1, 0.15) is 5.56 Å². The van der Waals surface area contributed by atoms with Crippen LogP contribution in [-0.2, 0) is 0 Å². The maximum Gasteiger partial charge on any atom is 0.146 e. The van der Waals surface area contributed by atoms with E-state index in [1.165, 1.54) is 5.56 Å². The van der Waals surface area contributed by atoms with E-state index < -0.39 is 0 Å². The van der Waals surface area contributed by atoms with E-state index in [2.05, 4.69) is 44.6 Å². The van der Waals surface area contributed by atoms with Crippen molar-refractivity contribution in [2.24, 2.45) is 0 Å². The first-order valence-corrected chi connectivity index (χ1v) is 5.02. The highest BCUT2D eigenvalue weighted by Gasteiger charge is 2.06. The third-order valence-electron chi connectivity index (χ3n) is 1.45. The topological polar surface area (TPSA) is 9.23 Å². The Bertz CT molecular complexity index is 273. The number of aryl methyl sites for hydroxylation is 1. The van der Waals surface area contributed by atoms with Gasteiger partial charge in [-0.05, 0) is 57.1 Å². The standard InChI is InChI=1S/C8H8BrIO/c1-5-3-4-6(10)8(11-2)7(5)9/h3-4H,1-2H3. The van der Waals surface area contributed by atoms with Crippen LogP contribution in [0.2, 0.25) is 0 Å². The first kappa shape index (κ1) is 9.32. The van der Waals surface area contributed by atoms with Gasteiger partial charge >= 0.3 is 0 Å². The van der Waals surface area contributed by atoms with Crippen LogP contribution in [-0.4, -0.2) is 7.11 Å². The van der Waals surface area contributed by atoms with Crippen molar-refractivity contribution in [3.8, 4) is 5.75 Å². The smallest absolute Gasteiger partial charge is 0.146 e. The predicted octanol–water partition coefficient (Wildman–Crippen LogP) is 3.37. The van der Waals surface area contributed by atoms with Gasteiger partial charge in [0, 0.05) is 0 Å². The molecule has 1 rings (SSSR count). The Hall–Kier alpha value is 0.230. The molecule has 0 aliphatic rings. The lowest BCUT2D eigenvalue weighted by Gasteiger charge is -2.07. The fourth-order valence-corrected chi connectivity index (χ4v) is 2.37. The Morgan fingerprint density at radius 1 is 1.45 bits per heavy atom. The van der Waals surface area contributed by atoms with E-state index in [1.54, 1.807) is 7.11 Å². The molecule has 0 aromatic heterocycles. The molecule has 60 valence electrons. The lowest BCUT2D eigenvalue weighted by molar-refractivity contribution is 0.408. The molecule has 1 aromatic rings. The lowest BCUT2D eigenvalue weighted by atomic mass is 10.2. The SMILES string of the molecule is COc1c(I)ccc(C)c1Br. The summed E-state index contributed by atoms with van der Waals surface area (Å²) in [7, 11) is 1.68. The fraction of sp³-hybridized carbons (Fsp3) is 0.250. The molecule has 0 fully saturated rings. The number of hydrogen-bond donors (Lipinski definition) is 0. The molecule has 0 saturated heterocycles. The molecule has 0 aliphatic heterocycles. The first-order chi connectivity index (χ1) is 5.16. The number of halogens is 2. The van der Waals surface area contributed by atoms with E-state index >= 15 is 0 Å². The van der Waals surface area contributed by atoms with Gasteiger partial charge in [0.2, 0.25) is 0 Å². The number of benzene rings is 1. The molecule has 0 atom stereocenters. The van der Waals surface area contributed by atoms with Crippen molar-refractivity contribution >= 4 is 38.5 Å². The summed E-state index contributed by atoms with van der Waals surface area (Å²) >= 11 is 5.71. The molecule has 1 nitrogen and oxygen atoms in total. The average Bonchev–Trinajstić information content (AvgIpc) is 1.99. The second kappa shape index (κ2) is 3.76. The van der Waals surface area contributed by atoms with Gasteiger partial charge < -0.3 is 4.74 Å². The summed E-state index contributed by atoms with van der Waals surface area (Å²) in [6, 6.07) is 4.11. The van der Waals surface area contributed by atoms with Crippen molar-refractivity contribution in [2.75, 3.05) is 7.11 Å². The molecule has 3 heteroatoms. The van der Waals surface area contributed by atoms with Gasteiger partial charge in [-0.3, -0.25) is 0 Å². The summed E-state index contributed by atoms with van der Waals surface area (Å²) < 4.78 is 7.38. The monoisotopic (exact) mass is 326 g/mol. The molecule has 0 spiro atoms. The van der Waals surface area contributed by atoms with E-state index in [-0.39, 0.29) is 0 Å². The molecule has 0 amide bonds. The van der Waals surface area contributed by atoms with Crippen molar-refractivity contribution in [2.45, 2.75) is 6.92 Å². The van der Waals surface area contributed by atoms with Crippen LogP contribution in [0.15, 0.2) is 16.6 Å². The van der Waals surface area contributed by atoms with Gasteiger partial charge in [-0.2, -0.15) is 0 Å². The van der Waals surface area contributed by atoms with Gasteiger partial charge in [0.05, 0.1) is 15.2 Å². The zero-order chi connectivity index (χ0) is 8.43. The van der Waals surface area contributed by atoms with Crippen molar-refractivity contribution in [1.82, 2.24) is 0 Å². The van der Waals surface area contributed by atoms with Crippen molar-refractivity contribution in [3.05, 3.63) is 25.7 Å². The molecule has 1 aromatic carbocycles. The number of rotatable bonds is 1. The molecule has 0 N–H and O–H groups in total. The molecule has 0 unspecified atom stereocenters. The van der Waals surface area contributed by atoms with Crippen LogP contribution in [0.5, 0.6) is 5.75 Å². The van der Waals surface area contributed by atoms with Gasteiger partial charge in [0.25, 0.3) is 0 Å². The lowest BCUT2D eigenvalue weighted by Crippen LogP contribution is -1.89. The van der Waals surface area contributed by atoms with Crippen LogP contribution in [0.4, 0.5) is 0 Å². The van der Waals surface area contributed by atoms with E-state index in [0.29, 0.717) is 0 Å². The van der Waals surface area contributed by atoms with Gasteiger partial charge in [-0.15, -0.1) is 0 Å². The molecule has 0 aliphatic carbocycles. The summed E-state index contributed by atoms with van der Waals surface area (Å²) in [5.74, 6) is 0.922. The minimum atomic E-state index is 0.922. The summed E-state index contributed by atoms with van der Waals surface area (Å²) in [5, 5.41) is 0. The average molecular weight is 327 g/mol. The largest absolute Gasteiger partial charge is 0.494 e. The third-order valence-corrected chi connectivity index (χ3v) is 3.28. The zero-order valence-corrected chi connectivity index (χ0v) is 10.1. The van der Waals surface area contributed by atoms with Crippen LogP contribution in [0, 0.1) is 10.5 Å². The summed E-state index contributed by atoms with van der Waals surface area (Å²) in [5.41, 5.74) is 1.20. The molecule has 0 heterocycles. The van der Waals surface area contributed by atoms with Gasteiger partial charge in [-0.1, -0.05) is 6.07 Å². The van der Waals surface area contributed by atoms with E-state index in [4.69, 9.17) is 4.74 Å². The Kier molecular flexibility index (Phi) is 3.18. The zero-order valence-electron chi connectivity index (χ0n) is 6.32. The number of ether oxygens (including phenoxy) is 1. The summed E-state index contributed by atoms with van der Waals surface area (Å²) in [6.07, 6.45) is 0. The van der Waals surface area contributed by atoms with Crippen LogP contribution >= 0.6 is 38.5 Å². The number of hydrogen-bond acceptors (Lipinski definition) is 1. The molecule has 0 saturated carbocycles. The van der Waals surface area contributed by atoms with Gasteiger partial charge in [0.15, 0.2) is 0 Å². The Balaban J connectivity index is 3.29. The van der Waals surface area contributed by atoms with Crippen molar-refractivity contribution in [3.63, 3.8) is 0 Å². The quantitative estimate of drug-likeness (QED) is 0.719. The number of methoxy groups -OCH3 is 1. The maximum absolute atomic E-state index is 5.20. The van der Waals surface area contributed by atoms with E-state index in [9.17, 15) is 0 Å². The van der Waals surface area contributed by atoms with Crippen LogP contribution < -0.4 is 4.74 Å².